The molecule has 1 atom stereocenters. The van der Waals surface area contributed by atoms with Crippen LogP contribution < -0.4 is 5.32 Å². The van der Waals surface area contributed by atoms with Gasteiger partial charge in [0.05, 0.1) is 12.2 Å². The lowest BCUT2D eigenvalue weighted by Gasteiger charge is -2.46. The van der Waals surface area contributed by atoms with Gasteiger partial charge in [0.1, 0.15) is 0 Å². The molecule has 0 radical (unpaired) electrons. The van der Waals surface area contributed by atoms with Gasteiger partial charge >= 0.3 is 0 Å². The molecular weight excluding hydrogens is 222 g/mol. The standard InChI is InChI=1S/C16H27NO/c1-13(11-15-5-2-3-9-17-15)14-6-10-18-16(12-14)7-4-8-16/h15,17H,2-12H2,1H3. The lowest BCUT2D eigenvalue weighted by Crippen LogP contribution is -2.43. The van der Waals surface area contributed by atoms with E-state index in [-0.39, 0.29) is 5.60 Å². The lowest BCUT2D eigenvalue weighted by molar-refractivity contribution is -0.113. The maximum atomic E-state index is 6.02. The van der Waals surface area contributed by atoms with Gasteiger partial charge in [-0.15, -0.1) is 0 Å². The van der Waals surface area contributed by atoms with Gasteiger partial charge < -0.3 is 10.1 Å². The van der Waals surface area contributed by atoms with E-state index in [0.717, 1.165) is 12.6 Å². The average molecular weight is 249 g/mol. The van der Waals surface area contributed by atoms with E-state index in [2.05, 4.69) is 12.2 Å². The summed E-state index contributed by atoms with van der Waals surface area (Å²) in [6, 6.07) is 0.742. The van der Waals surface area contributed by atoms with Gasteiger partial charge in [0.15, 0.2) is 0 Å². The normalized spacial score (nSPS) is 34.2. The largest absolute Gasteiger partial charge is 0.374 e. The molecule has 0 aromatic heterocycles. The van der Waals surface area contributed by atoms with Gasteiger partial charge in [0, 0.05) is 6.04 Å². The molecule has 0 amide bonds. The second-order valence-corrected chi connectivity index (χ2v) is 6.55. The molecule has 1 saturated carbocycles. The third kappa shape index (κ3) is 2.65. The van der Waals surface area contributed by atoms with Crippen molar-refractivity contribution < 1.29 is 4.74 Å². The summed E-state index contributed by atoms with van der Waals surface area (Å²) in [6.45, 7) is 4.55. The summed E-state index contributed by atoms with van der Waals surface area (Å²) in [6.07, 6.45) is 11.8. The highest BCUT2D eigenvalue weighted by atomic mass is 16.5. The van der Waals surface area contributed by atoms with Crippen molar-refractivity contribution in [3.8, 4) is 0 Å². The van der Waals surface area contributed by atoms with Crippen LogP contribution in [0.1, 0.15) is 64.7 Å². The van der Waals surface area contributed by atoms with E-state index in [1.54, 1.807) is 11.1 Å². The first kappa shape index (κ1) is 12.7. The van der Waals surface area contributed by atoms with Crippen molar-refractivity contribution in [2.24, 2.45) is 0 Å². The van der Waals surface area contributed by atoms with Crippen LogP contribution in [0.25, 0.3) is 0 Å². The Labute approximate surface area is 111 Å². The van der Waals surface area contributed by atoms with E-state index in [0.29, 0.717) is 0 Å². The Balaban J connectivity index is 1.61. The van der Waals surface area contributed by atoms with Gasteiger partial charge in [0.2, 0.25) is 0 Å². The van der Waals surface area contributed by atoms with Gasteiger partial charge in [-0.05, 0) is 64.8 Å². The first-order valence-corrected chi connectivity index (χ1v) is 7.82. The molecule has 0 bridgehead atoms. The molecule has 1 aliphatic carbocycles. The summed E-state index contributed by atoms with van der Waals surface area (Å²) in [5.41, 5.74) is 3.65. The minimum atomic E-state index is 0.273. The maximum Gasteiger partial charge on any atom is 0.0719 e. The molecule has 0 aromatic rings. The molecule has 102 valence electrons. The van der Waals surface area contributed by atoms with Crippen molar-refractivity contribution in [2.45, 2.75) is 76.4 Å². The van der Waals surface area contributed by atoms with Crippen LogP contribution in [-0.4, -0.2) is 24.8 Å². The molecule has 2 saturated heterocycles. The number of nitrogens with one attached hydrogen (secondary N) is 1. The zero-order chi connectivity index (χ0) is 12.4. The fourth-order valence-corrected chi connectivity index (χ4v) is 3.79. The minimum Gasteiger partial charge on any atom is -0.374 e. The SMILES string of the molecule is CC(CC1CCCCN1)=C1CCOC2(CCC2)C1. The van der Waals surface area contributed by atoms with E-state index in [1.165, 1.54) is 64.3 Å². The summed E-state index contributed by atoms with van der Waals surface area (Å²) < 4.78 is 6.02. The van der Waals surface area contributed by atoms with Crippen LogP contribution in [0.2, 0.25) is 0 Å². The number of piperidine rings is 1. The van der Waals surface area contributed by atoms with Crippen LogP contribution in [0, 0.1) is 0 Å². The van der Waals surface area contributed by atoms with Crippen LogP contribution in [0.5, 0.6) is 0 Å². The highest BCUT2D eigenvalue weighted by Crippen LogP contribution is 2.45. The highest BCUT2D eigenvalue weighted by Gasteiger charge is 2.41. The van der Waals surface area contributed by atoms with Crippen molar-refractivity contribution in [3.05, 3.63) is 11.1 Å². The smallest absolute Gasteiger partial charge is 0.0719 e. The molecule has 0 aromatic carbocycles. The van der Waals surface area contributed by atoms with E-state index in [4.69, 9.17) is 4.74 Å². The lowest BCUT2D eigenvalue weighted by atomic mass is 9.73. The molecule has 3 aliphatic rings. The summed E-state index contributed by atoms with van der Waals surface area (Å²) in [5, 5.41) is 3.67. The van der Waals surface area contributed by atoms with Crippen LogP contribution >= 0.6 is 0 Å². The number of rotatable bonds is 2. The van der Waals surface area contributed by atoms with Gasteiger partial charge in [-0.25, -0.2) is 0 Å². The van der Waals surface area contributed by atoms with Crippen LogP contribution in [0.4, 0.5) is 0 Å². The quantitative estimate of drug-likeness (QED) is 0.755. The zero-order valence-electron chi connectivity index (χ0n) is 11.8. The number of ether oxygens (including phenoxy) is 1. The molecule has 2 heterocycles. The Morgan fingerprint density at radius 3 is 2.89 bits per heavy atom. The van der Waals surface area contributed by atoms with Crippen molar-refractivity contribution in [2.75, 3.05) is 13.2 Å². The van der Waals surface area contributed by atoms with E-state index in [1.807, 2.05) is 0 Å². The maximum absolute atomic E-state index is 6.02. The Bertz CT molecular complexity index is 324. The fraction of sp³-hybridized carbons (Fsp3) is 0.875. The van der Waals surface area contributed by atoms with Crippen molar-refractivity contribution in [3.63, 3.8) is 0 Å². The third-order valence-electron chi connectivity index (χ3n) is 5.18. The Hall–Kier alpha value is -0.340. The summed E-state index contributed by atoms with van der Waals surface area (Å²) in [7, 11) is 0. The monoisotopic (exact) mass is 249 g/mol. The molecule has 2 nitrogen and oxygen atoms in total. The molecule has 2 heteroatoms. The highest BCUT2D eigenvalue weighted by molar-refractivity contribution is 5.19. The zero-order valence-corrected chi connectivity index (χ0v) is 11.8. The third-order valence-corrected chi connectivity index (χ3v) is 5.18. The summed E-state index contributed by atoms with van der Waals surface area (Å²) in [5.74, 6) is 0. The van der Waals surface area contributed by atoms with Crippen LogP contribution in [0.3, 0.4) is 0 Å². The van der Waals surface area contributed by atoms with E-state index >= 15 is 0 Å². The Morgan fingerprint density at radius 1 is 1.33 bits per heavy atom. The molecule has 1 unspecified atom stereocenters. The fourth-order valence-electron chi connectivity index (χ4n) is 3.79. The van der Waals surface area contributed by atoms with Gasteiger partial charge in [0.25, 0.3) is 0 Å². The van der Waals surface area contributed by atoms with E-state index < -0.39 is 0 Å². The van der Waals surface area contributed by atoms with Crippen molar-refractivity contribution >= 4 is 0 Å². The molecule has 3 rings (SSSR count). The Kier molecular flexibility index (Phi) is 3.76. The van der Waals surface area contributed by atoms with Gasteiger partial charge in [-0.2, -0.15) is 0 Å². The second kappa shape index (κ2) is 5.34. The van der Waals surface area contributed by atoms with Crippen LogP contribution in [0.15, 0.2) is 11.1 Å². The first-order chi connectivity index (χ1) is 8.77. The van der Waals surface area contributed by atoms with Gasteiger partial charge in [-0.3, -0.25) is 0 Å². The molecular formula is C16H27NO. The minimum absolute atomic E-state index is 0.273. The predicted molar refractivity (Wildman–Crippen MR) is 74.7 cm³/mol. The summed E-state index contributed by atoms with van der Waals surface area (Å²) >= 11 is 0. The Morgan fingerprint density at radius 2 is 2.22 bits per heavy atom. The van der Waals surface area contributed by atoms with E-state index in [9.17, 15) is 0 Å². The molecule has 1 N–H and O–H groups in total. The molecule has 3 fully saturated rings. The number of hydrogen-bond donors (Lipinski definition) is 1. The van der Waals surface area contributed by atoms with Crippen LogP contribution in [-0.2, 0) is 4.74 Å². The van der Waals surface area contributed by atoms with Gasteiger partial charge in [-0.1, -0.05) is 17.6 Å². The molecule has 1 spiro atoms. The van der Waals surface area contributed by atoms with Crippen molar-refractivity contribution in [1.82, 2.24) is 5.32 Å². The van der Waals surface area contributed by atoms with Crippen molar-refractivity contribution in [1.29, 1.82) is 0 Å². The average Bonchev–Trinajstić information content (AvgIpc) is 2.38. The predicted octanol–water partition coefficient (Wildman–Crippen LogP) is 3.57. The second-order valence-electron chi connectivity index (χ2n) is 6.55. The number of hydrogen-bond acceptors (Lipinski definition) is 2. The molecule has 18 heavy (non-hydrogen) atoms. The summed E-state index contributed by atoms with van der Waals surface area (Å²) in [4.78, 5) is 0. The first-order valence-electron chi connectivity index (χ1n) is 7.82. The topological polar surface area (TPSA) is 21.3 Å². The molecule has 2 aliphatic heterocycles.